The molecule has 2 heterocycles. The number of urea groups is 1. The minimum absolute atomic E-state index is 0.0414. The summed E-state index contributed by atoms with van der Waals surface area (Å²) < 4.78 is 18.9. The number of aromatic nitrogens is 1. The number of pyridine rings is 1. The monoisotopic (exact) mass is 397 g/mol. The molecule has 2 N–H and O–H groups in total. The predicted molar refractivity (Wildman–Crippen MR) is 101 cm³/mol. The summed E-state index contributed by atoms with van der Waals surface area (Å²) in [4.78, 5) is 30.2. The molecule has 1 aromatic heterocycles. The van der Waals surface area contributed by atoms with Crippen molar-refractivity contribution in [2.24, 2.45) is 0 Å². The summed E-state index contributed by atoms with van der Waals surface area (Å²) in [7, 11) is 1.34. The molecule has 1 saturated heterocycles. The van der Waals surface area contributed by atoms with E-state index in [0.717, 1.165) is 5.56 Å². The first kappa shape index (κ1) is 20.1. The van der Waals surface area contributed by atoms with E-state index in [9.17, 15) is 14.0 Å². The average molecular weight is 397 g/mol. The summed E-state index contributed by atoms with van der Waals surface area (Å²) in [5.41, 5.74) is 1.50. The second-order valence-electron chi connectivity index (χ2n) is 6.51. The number of amides is 3. The third-order valence-electron chi connectivity index (χ3n) is 4.62. The Morgan fingerprint density at radius 1 is 1.38 bits per heavy atom. The van der Waals surface area contributed by atoms with Crippen LogP contribution in [0, 0.1) is 17.1 Å². The van der Waals surface area contributed by atoms with Crippen molar-refractivity contribution in [1.82, 2.24) is 20.5 Å². The molecule has 1 aliphatic heterocycles. The normalized spacial score (nSPS) is 15.7. The van der Waals surface area contributed by atoms with Crippen LogP contribution in [0.5, 0.6) is 5.75 Å². The molecular formula is C20H20FN5O3. The van der Waals surface area contributed by atoms with Gasteiger partial charge in [0.1, 0.15) is 6.04 Å². The zero-order chi connectivity index (χ0) is 20.8. The van der Waals surface area contributed by atoms with Gasteiger partial charge in [-0.05, 0) is 24.1 Å². The fraction of sp³-hybridized carbons (Fsp3) is 0.300. The Bertz CT molecular complexity index is 942. The quantitative estimate of drug-likeness (QED) is 0.772. The maximum absolute atomic E-state index is 14.1. The minimum Gasteiger partial charge on any atom is -0.494 e. The fourth-order valence-corrected chi connectivity index (χ4v) is 3.06. The summed E-state index contributed by atoms with van der Waals surface area (Å²) in [6.07, 6.45) is 1.87. The number of hydrogen-bond donors (Lipinski definition) is 2. The smallest absolute Gasteiger partial charge is 0.315 e. The van der Waals surface area contributed by atoms with Gasteiger partial charge in [-0.15, -0.1) is 0 Å². The molecule has 3 amide bonds. The number of carbonyl (C=O) groups is 2. The number of nitrogens with zero attached hydrogens (tertiary/aromatic N) is 3. The third kappa shape index (κ3) is 4.79. The van der Waals surface area contributed by atoms with Gasteiger partial charge in [-0.3, -0.25) is 9.78 Å². The SMILES string of the molecule is COc1ccnc(CNC(=O)NC2CCN(Cc3ccc(C#N)cc3)C2=O)c1F. The maximum Gasteiger partial charge on any atom is 0.315 e. The van der Waals surface area contributed by atoms with Gasteiger partial charge in [0, 0.05) is 25.4 Å². The molecular weight excluding hydrogens is 377 g/mol. The molecule has 0 aliphatic carbocycles. The highest BCUT2D eigenvalue weighted by molar-refractivity contribution is 5.88. The molecule has 0 saturated carbocycles. The summed E-state index contributed by atoms with van der Waals surface area (Å²) in [5.74, 6) is -0.780. The molecule has 2 aromatic rings. The van der Waals surface area contributed by atoms with Crippen LogP contribution in [0.1, 0.15) is 23.2 Å². The van der Waals surface area contributed by atoms with Gasteiger partial charge in [-0.2, -0.15) is 5.26 Å². The third-order valence-corrected chi connectivity index (χ3v) is 4.62. The molecule has 1 unspecified atom stereocenters. The Morgan fingerprint density at radius 2 is 2.14 bits per heavy atom. The Morgan fingerprint density at radius 3 is 2.83 bits per heavy atom. The van der Waals surface area contributed by atoms with E-state index in [4.69, 9.17) is 10.00 Å². The highest BCUT2D eigenvalue weighted by atomic mass is 19.1. The van der Waals surface area contributed by atoms with Crippen LogP contribution in [0.3, 0.4) is 0 Å². The summed E-state index contributed by atoms with van der Waals surface area (Å²) in [6, 6.07) is 9.22. The van der Waals surface area contributed by atoms with Gasteiger partial charge < -0.3 is 20.3 Å². The van der Waals surface area contributed by atoms with E-state index in [0.29, 0.717) is 25.1 Å². The Kier molecular flexibility index (Phi) is 6.24. The summed E-state index contributed by atoms with van der Waals surface area (Å²) in [6.45, 7) is 0.782. The number of nitriles is 1. The minimum atomic E-state index is -0.642. The number of halogens is 1. The van der Waals surface area contributed by atoms with Crippen LogP contribution in [0.25, 0.3) is 0 Å². The standard InChI is InChI=1S/C20H20FN5O3/c1-29-17-6-8-23-16(18(17)21)11-24-20(28)25-15-7-9-26(19(15)27)12-14-4-2-13(10-22)3-5-14/h2-6,8,15H,7,9,11-12H2,1H3,(H2,24,25,28). The van der Waals surface area contributed by atoms with Crippen LogP contribution >= 0.6 is 0 Å². The van der Waals surface area contributed by atoms with E-state index in [-0.39, 0.29) is 23.9 Å². The molecule has 9 heteroatoms. The van der Waals surface area contributed by atoms with Gasteiger partial charge in [-0.25, -0.2) is 9.18 Å². The predicted octanol–water partition coefficient (Wildman–Crippen LogP) is 1.70. The van der Waals surface area contributed by atoms with E-state index in [1.807, 2.05) is 6.07 Å². The number of hydrogen-bond acceptors (Lipinski definition) is 5. The number of likely N-dealkylation sites (tertiary alicyclic amines) is 1. The first-order valence-corrected chi connectivity index (χ1v) is 9.01. The largest absolute Gasteiger partial charge is 0.494 e. The van der Waals surface area contributed by atoms with Gasteiger partial charge in [-0.1, -0.05) is 12.1 Å². The fourth-order valence-electron chi connectivity index (χ4n) is 3.06. The van der Waals surface area contributed by atoms with E-state index < -0.39 is 17.9 Å². The van der Waals surface area contributed by atoms with Gasteiger partial charge in [0.25, 0.3) is 0 Å². The van der Waals surface area contributed by atoms with Gasteiger partial charge >= 0.3 is 6.03 Å². The van der Waals surface area contributed by atoms with E-state index in [2.05, 4.69) is 15.6 Å². The topological polar surface area (TPSA) is 107 Å². The molecule has 3 rings (SSSR count). The Balaban J connectivity index is 1.51. The van der Waals surface area contributed by atoms with Crippen molar-refractivity contribution in [3.8, 4) is 11.8 Å². The lowest BCUT2D eigenvalue weighted by Crippen LogP contribution is -2.45. The average Bonchev–Trinajstić information content (AvgIpc) is 3.07. The Hall–Kier alpha value is -3.67. The second-order valence-corrected chi connectivity index (χ2v) is 6.51. The first-order chi connectivity index (χ1) is 14.0. The number of nitrogens with one attached hydrogen (secondary N) is 2. The lowest BCUT2D eigenvalue weighted by atomic mass is 10.1. The van der Waals surface area contributed by atoms with Gasteiger partial charge in [0.15, 0.2) is 11.6 Å². The van der Waals surface area contributed by atoms with Gasteiger partial charge in [0.2, 0.25) is 5.91 Å². The van der Waals surface area contributed by atoms with E-state index >= 15 is 0 Å². The summed E-state index contributed by atoms with van der Waals surface area (Å²) >= 11 is 0. The van der Waals surface area contributed by atoms with Crippen molar-refractivity contribution in [3.63, 3.8) is 0 Å². The van der Waals surface area contributed by atoms with Crippen LogP contribution in [-0.2, 0) is 17.9 Å². The van der Waals surface area contributed by atoms with Crippen molar-refractivity contribution in [2.75, 3.05) is 13.7 Å². The van der Waals surface area contributed by atoms with Crippen LogP contribution in [-0.4, -0.2) is 41.5 Å². The van der Waals surface area contributed by atoms with Gasteiger partial charge in [0.05, 0.1) is 31.0 Å². The molecule has 0 bridgehead atoms. The highest BCUT2D eigenvalue weighted by Crippen LogP contribution is 2.18. The molecule has 1 aromatic carbocycles. The number of ether oxygens (including phenoxy) is 1. The zero-order valence-corrected chi connectivity index (χ0v) is 15.8. The maximum atomic E-state index is 14.1. The van der Waals surface area contributed by atoms with Crippen molar-refractivity contribution < 1.29 is 18.7 Å². The zero-order valence-electron chi connectivity index (χ0n) is 15.8. The second kappa shape index (κ2) is 9.01. The van der Waals surface area contributed by atoms with Crippen LogP contribution in [0.15, 0.2) is 36.5 Å². The molecule has 29 heavy (non-hydrogen) atoms. The lowest BCUT2D eigenvalue weighted by Gasteiger charge is -2.17. The van der Waals surface area contributed by atoms with Crippen LogP contribution in [0.2, 0.25) is 0 Å². The van der Waals surface area contributed by atoms with Crippen molar-refractivity contribution >= 4 is 11.9 Å². The van der Waals surface area contributed by atoms with Crippen molar-refractivity contribution in [2.45, 2.75) is 25.6 Å². The Labute approximate surface area is 167 Å². The number of benzene rings is 1. The molecule has 150 valence electrons. The highest BCUT2D eigenvalue weighted by Gasteiger charge is 2.32. The molecule has 0 spiro atoms. The van der Waals surface area contributed by atoms with E-state index in [1.54, 1.807) is 29.2 Å². The molecule has 1 fully saturated rings. The van der Waals surface area contributed by atoms with Crippen LogP contribution in [0.4, 0.5) is 9.18 Å². The molecule has 8 nitrogen and oxygen atoms in total. The molecule has 1 atom stereocenters. The summed E-state index contributed by atoms with van der Waals surface area (Å²) in [5, 5.41) is 14.0. The van der Waals surface area contributed by atoms with Crippen molar-refractivity contribution in [3.05, 3.63) is 59.2 Å². The first-order valence-electron chi connectivity index (χ1n) is 9.01. The number of rotatable bonds is 6. The number of carbonyl (C=O) groups excluding carboxylic acids is 2. The lowest BCUT2D eigenvalue weighted by molar-refractivity contribution is -0.129. The number of methoxy groups -OCH3 is 1. The molecule has 1 aliphatic rings. The van der Waals surface area contributed by atoms with Crippen LogP contribution < -0.4 is 15.4 Å². The van der Waals surface area contributed by atoms with Crippen molar-refractivity contribution in [1.29, 1.82) is 5.26 Å². The van der Waals surface area contributed by atoms with E-state index in [1.165, 1.54) is 19.4 Å². The molecule has 0 radical (unpaired) electrons.